The molecule has 0 saturated heterocycles. The van der Waals surface area contributed by atoms with E-state index in [2.05, 4.69) is 22.7 Å². The summed E-state index contributed by atoms with van der Waals surface area (Å²) in [4.78, 5) is 4.44. The molecule has 1 heterocycles. The van der Waals surface area contributed by atoms with Crippen molar-refractivity contribution in [2.24, 2.45) is 0 Å². The van der Waals surface area contributed by atoms with Crippen LogP contribution in [0, 0.1) is 24.2 Å². The third-order valence-corrected chi connectivity index (χ3v) is 2.55. The number of fused-ring (bicyclic) bond motifs is 1. The third-order valence-electron chi connectivity index (χ3n) is 2.55. The fraction of sp³-hybridized carbons (Fsp3) is 0.188. The van der Waals surface area contributed by atoms with Gasteiger partial charge < -0.3 is 5.11 Å². The fourth-order valence-electron chi connectivity index (χ4n) is 1.58. The molecule has 0 radical (unpaired) electrons. The maximum Gasteiger partial charge on any atom is 0.115 e. The highest BCUT2D eigenvalue weighted by Crippen LogP contribution is 2.11. The van der Waals surface area contributed by atoms with Gasteiger partial charge in [-0.1, -0.05) is 36.1 Å². The number of aromatic nitrogens is 1. The van der Waals surface area contributed by atoms with Crippen LogP contribution < -0.4 is 0 Å². The second kappa shape index (κ2) is 5.87. The van der Waals surface area contributed by atoms with Crippen molar-refractivity contribution in [1.29, 1.82) is 0 Å². The number of pyridine rings is 1. The van der Waals surface area contributed by atoms with Crippen LogP contribution in [0.25, 0.3) is 10.9 Å². The molecule has 2 rings (SSSR count). The number of benzene rings is 1. The Balaban J connectivity index is 2.08. The highest BCUT2D eigenvalue weighted by molar-refractivity contribution is 5.78. The molecule has 2 nitrogen and oxygen atoms in total. The van der Waals surface area contributed by atoms with E-state index < -0.39 is 6.10 Å². The van der Waals surface area contributed by atoms with E-state index in [-0.39, 0.29) is 0 Å². The van der Waals surface area contributed by atoms with Crippen LogP contribution in [0.4, 0.5) is 0 Å². The summed E-state index contributed by atoms with van der Waals surface area (Å²) in [5, 5.41) is 10.3. The van der Waals surface area contributed by atoms with Gasteiger partial charge in [0.2, 0.25) is 0 Å². The maximum atomic E-state index is 9.18. The minimum absolute atomic E-state index is 0.497. The molecule has 2 heteroatoms. The van der Waals surface area contributed by atoms with E-state index in [0.717, 1.165) is 16.6 Å². The molecule has 1 unspecified atom stereocenters. The van der Waals surface area contributed by atoms with E-state index in [9.17, 15) is 5.11 Å². The standard InChI is InChI=1S/C16H13NO/c1-2-15(18)9-5-4-8-14-12-11-13-7-3-6-10-16(13)17-14/h1,3,6-7,10-12,15,18H,5,9H2. The average Bonchev–Trinajstić information content (AvgIpc) is 2.43. The molecule has 1 aromatic carbocycles. The lowest BCUT2D eigenvalue weighted by molar-refractivity contribution is 0.224. The molecule has 0 saturated carbocycles. The number of nitrogens with zero attached hydrogens (tertiary/aromatic N) is 1. The van der Waals surface area contributed by atoms with Crippen molar-refractivity contribution in [2.75, 3.05) is 0 Å². The molecule has 0 amide bonds. The Morgan fingerprint density at radius 1 is 1.22 bits per heavy atom. The lowest BCUT2D eigenvalue weighted by atomic mass is 10.2. The number of rotatable bonds is 2. The van der Waals surface area contributed by atoms with Gasteiger partial charge in [-0.05, 0) is 24.5 Å². The molecule has 0 aliphatic rings. The maximum absolute atomic E-state index is 9.18. The summed E-state index contributed by atoms with van der Waals surface area (Å²) >= 11 is 0. The largest absolute Gasteiger partial charge is 0.380 e. The van der Waals surface area contributed by atoms with Gasteiger partial charge in [0.1, 0.15) is 11.8 Å². The summed E-state index contributed by atoms with van der Waals surface area (Å²) in [6.45, 7) is 0. The molecule has 2 aromatic rings. The summed E-state index contributed by atoms with van der Waals surface area (Å²) in [6, 6.07) is 11.8. The first-order valence-electron chi connectivity index (χ1n) is 5.78. The Hall–Kier alpha value is -2.29. The zero-order valence-electron chi connectivity index (χ0n) is 9.93. The Bertz CT molecular complexity index is 643. The summed E-state index contributed by atoms with van der Waals surface area (Å²) in [7, 11) is 0. The van der Waals surface area contributed by atoms with Crippen molar-refractivity contribution < 1.29 is 5.11 Å². The van der Waals surface area contributed by atoms with Gasteiger partial charge >= 0.3 is 0 Å². The van der Waals surface area contributed by atoms with Gasteiger partial charge in [-0.25, -0.2) is 4.98 Å². The molecule has 88 valence electrons. The Kier molecular flexibility index (Phi) is 3.97. The molecule has 1 N–H and O–H groups in total. The Labute approximate surface area is 107 Å². The topological polar surface area (TPSA) is 33.1 Å². The molecule has 1 aromatic heterocycles. The quantitative estimate of drug-likeness (QED) is 0.811. The second-order valence-electron chi connectivity index (χ2n) is 3.91. The number of hydrogen-bond donors (Lipinski definition) is 1. The average molecular weight is 235 g/mol. The first-order chi connectivity index (χ1) is 8.79. The monoisotopic (exact) mass is 235 g/mol. The van der Waals surface area contributed by atoms with Gasteiger partial charge in [0.15, 0.2) is 0 Å². The number of para-hydroxylation sites is 1. The van der Waals surface area contributed by atoms with Crippen LogP contribution in [0.3, 0.4) is 0 Å². The van der Waals surface area contributed by atoms with Crippen LogP contribution >= 0.6 is 0 Å². The van der Waals surface area contributed by atoms with Crippen LogP contribution in [0.15, 0.2) is 36.4 Å². The summed E-state index contributed by atoms with van der Waals surface area (Å²) in [5.41, 5.74) is 1.68. The molecule has 0 fully saturated rings. The van der Waals surface area contributed by atoms with Crippen molar-refractivity contribution in [2.45, 2.75) is 18.9 Å². The summed E-state index contributed by atoms with van der Waals surface area (Å²) < 4.78 is 0. The molecule has 0 spiro atoms. The predicted octanol–water partition coefficient (Wildman–Crippen LogP) is 2.36. The first-order valence-corrected chi connectivity index (χ1v) is 5.78. The van der Waals surface area contributed by atoms with Gasteiger partial charge in [-0.2, -0.15) is 0 Å². The number of aliphatic hydroxyl groups is 1. The van der Waals surface area contributed by atoms with E-state index in [4.69, 9.17) is 6.42 Å². The lowest BCUT2D eigenvalue weighted by Crippen LogP contribution is -2.00. The third kappa shape index (κ3) is 3.10. The predicted molar refractivity (Wildman–Crippen MR) is 72.7 cm³/mol. The molecule has 0 aliphatic heterocycles. The van der Waals surface area contributed by atoms with E-state index in [1.807, 2.05) is 36.4 Å². The van der Waals surface area contributed by atoms with Crippen molar-refractivity contribution in [1.82, 2.24) is 4.98 Å². The number of terminal acetylenes is 1. The zero-order chi connectivity index (χ0) is 12.8. The number of hydrogen-bond acceptors (Lipinski definition) is 2. The minimum atomic E-state index is -0.705. The van der Waals surface area contributed by atoms with E-state index in [1.165, 1.54) is 0 Å². The van der Waals surface area contributed by atoms with Crippen LogP contribution in [-0.2, 0) is 0 Å². The fourth-order valence-corrected chi connectivity index (χ4v) is 1.58. The lowest BCUT2D eigenvalue weighted by Gasteiger charge is -1.97. The van der Waals surface area contributed by atoms with E-state index >= 15 is 0 Å². The minimum Gasteiger partial charge on any atom is -0.380 e. The Morgan fingerprint density at radius 3 is 2.89 bits per heavy atom. The van der Waals surface area contributed by atoms with Crippen molar-refractivity contribution in [3.63, 3.8) is 0 Å². The van der Waals surface area contributed by atoms with E-state index in [1.54, 1.807) is 0 Å². The first kappa shape index (κ1) is 12.2. The van der Waals surface area contributed by atoms with Crippen molar-refractivity contribution in [3.8, 4) is 24.2 Å². The highest BCUT2D eigenvalue weighted by atomic mass is 16.3. The normalized spacial score (nSPS) is 11.3. The second-order valence-corrected chi connectivity index (χ2v) is 3.91. The van der Waals surface area contributed by atoms with Crippen LogP contribution in [0.2, 0.25) is 0 Å². The van der Waals surface area contributed by atoms with E-state index in [0.29, 0.717) is 12.8 Å². The Morgan fingerprint density at radius 2 is 2.06 bits per heavy atom. The van der Waals surface area contributed by atoms with Crippen molar-refractivity contribution in [3.05, 3.63) is 42.1 Å². The molecule has 18 heavy (non-hydrogen) atoms. The zero-order valence-corrected chi connectivity index (χ0v) is 9.93. The van der Waals surface area contributed by atoms with Gasteiger partial charge in [-0.15, -0.1) is 6.42 Å². The molecule has 0 bridgehead atoms. The molecular weight excluding hydrogens is 222 g/mol. The number of aliphatic hydroxyl groups excluding tert-OH is 1. The van der Waals surface area contributed by atoms with Crippen LogP contribution in [0.5, 0.6) is 0 Å². The van der Waals surface area contributed by atoms with Gasteiger partial charge in [0.05, 0.1) is 5.52 Å². The molecular formula is C16H13NO. The van der Waals surface area contributed by atoms with Crippen molar-refractivity contribution >= 4 is 10.9 Å². The summed E-state index contributed by atoms with van der Waals surface area (Å²) in [6.07, 6.45) is 5.43. The highest BCUT2D eigenvalue weighted by Gasteiger charge is 1.96. The van der Waals surface area contributed by atoms with Crippen LogP contribution in [0.1, 0.15) is 18.5 Å². The summed E-state index contributed by atoms with van der Waals surface area (Å²) in [5.74, 6) is 8.20. The van der Waals surface area contributed by atoms with Crippen LogP contribution in [-0.4, -0.2) is 16.2 Å². The van der Waals surface area contributed by atoms with Gasteiger partial charge in [0, 0.05) is 11.8 Å². The molecule has 1 atom stereocenters. The smallest absolute Gasteiger partial charge is 0.115 e. The van der Waals surface area contributed by atoms with Gasteiger partial charge in [0.25, 0.3) is 0 Å². The molecule has 0 aliphatic carbocycles. The van der Waals surface area contributed by atoms with Gasteiger partial charge in [-0.3, -0.25) is 0 Å². The SMILES string of the molecule is C#CC(O)CCC#Cc1ccc2ccccc2n1.